The number of aryl methyl sites for hydroxylation is 1. The van der Waals surface area contributed by atoms with Crippen molar-refractivity contribution in [1.82, 2.24) is 29.5 Å². The van der Waals surface area contributed by atoms with E-state index in [2.05, 4.69) is 20.1 Å². The van der Waals surface area contributed by atoms with Crippen molar-refractivity contribution in [3.63, 3.8) is 0 Å². The molecule has 1 aliphatic heterocycles. The lowest BCUT2D eigenvalue weighted by molar-refractivity contribution is -0.0257. The Kier molecular flexibility index (Phi) is 3.98. The van der Waals surface area contributed by atoms with Crippen LogP contribution in [0.4, 0.5) is 0 Å². The van der Waals surface area contributed by atoms with Crippen LogP contribution in [0.3, 0.4) is 0 Å². The maximum Gasteiger partial charge on any atom is 0.254 e. The van der Waals surface area contributed by atoms with E-state index in [0.29, 0.717) is 31.0 Å². The molecular weight excluding hydrogens is 356 g/mol. The van der Waals surface area contributed by atoms with Crippen LogP contribution in [-0.2, 0) is 4.74 Å². The Morgan fingerprint density at radius 1 is 1.21 bits per heavy atom. The van der Waals surface area contributed by atoms with Gasteiger partial charge in [0.2, 0.25) is 0 Å². The summed E-state index contributed by atoms with van der Waals surface area (Å²) in [5.41, 5.74) is 2.35. The van der Waals surface area contributed by atoms with E-state index in [0.717, 1.165) is 22.2 Å². The molecular formula is C20H18N6O2. The smallest absolute Gasteiger partial charge is 0.254 e. The highest BCUT2D eigenvalue weighted by Crippen LogP contribution is 2.24. The van der Waals surface area contributed by atoms with Crippen LogP contribution in [-0.4, -0.2) is 55.1 Å². The van der Waals surface area contributed by atoms with Crippen LogP contribution in [0.5, 0.6) is 0 Å². The van der Waals surface area contributed by atoms with Crippen LogP contribution in [0.2, 0.25) is 0 Å². The minimum absolute atomic E-state index is 0.00683. The first-order valence-corrected chi connectivity index (χ1v) is 9.11. The van der Waals surface area contributed by atoms with Crippen molar-refractivity contribution < 1.29 is 9.53 Å². The molecule has 28 heavy (non-hydrogen) atoms. The number of benzene rings is 1. The summed E-state index contributed by atoms with van der Waals surface area (Å²) in [4.78, 5) is 27.6. The van der Waals surface area contributed by atoms with Crippen LogP contribution in [0.15, 0.2) is 49.1 Å². The lowest BCUT2D eigenvalue weighted by Crippen LogP contribution is -2.42. The van der Waals surface area contributed by atoms with Gasteiger partial charge in [-0.25, -0.2) is 4.98 Å². The van der Waals surface area contributed by atoms with E-state index in [4.69, 9.17) is 4.74 Å². The summed E-state index contributed by atoms with van der Waals surface area (Å²) in [6.07, 6.45) is 4.72. The zero-order valence-electron chi connectivity index (χ0n) is 15.3. The van der Waals surface area contributed by atoms with Gasteiger partial charge in [-0.15, -0.1) is 0 Å². The predicted octanol–water partition coefficient (Wildman–Crippen LogP) is 2.19. The molecule has 1 amide bonds. The second-order valence-corrected chi connectivity index (χ2v) is 6.84. The molecule has 0 radical (unpaired) electrons. The Morgan fingerprint density at radius 2 is 2.14 bits per heavy atom. The highest BCUT2D eigenvalue weighted by atomic mass is 16.5. The van der Waals surface area contributed by atoms with Gasteiger partial charge in [0, 0.05) is 35.6 Å². The van der Waals surface area contributed by atoms with E-state index in [1.807, 2.05) is 42.2 Å². The van der Waals surface area contributed by atoms with Crippen molar-refractivity contribution in [1.29, 1.82) is 0 Å². The third kappa shape index (κ3) is 2.87. The Balaban J connectivity index is 1.44. The van der Waals surface area contributed by atoms with E-state index >= 15 is 0 Å². The number of pyridine rings is 1. The number of aromatic nitrogens is 5. The van der Waals surface area contributed by atoms with Gasteiger partial charge in [0.15, 0.2) is 0 Å². The number of nitrogens with zero attached hydrogens (tertiary/aromatic N) is 6. The van der Waals surface area contributed by atoms with E-state index in [1.165, 1.54) is 6.33 Å². The van der Waals surface area contributed by atoms with E-state index < -0.39 is 0 Å². The molecule has 5 rings (SSSR count). The number of morpholine rings is 1. The molecule has 0 spiro atoms. The van der Waals surface area contributed by atoms with Gasteiger partial charge in [0.25, 0.3) is 11.7 Å². The average molecular weight is 374 g/mol. The van der Waals surface area contributed by atoms with E-state index in [1.54, 1.807) is 16.9 Å². The number of hydrogen-bond acceptors (Lipinski definition) is 6. The molecule has 140 valence electrons. The van der Waals surface area contributed by atoms with Crippen LogP contribution in [0, 0.1) is 6.92 Å². The first kappa shape index (κ1) is 16.8. The fourth-order valence-corrected chi connectivity index (χ4v) is 3.60. The Morgan fingerprint density at radius 3 is 3.07 bits per heavy atom. The van der Waals surface area contributed by atoms with Crippen molar-refractivity contribution in [3.8, 4) is 0 Å². The second kappa shape index (κ2) is 6.65. The molecule has 0 saturated carbocycles. The fourth-order valence-electron chi connectivity index (χ4n) is 3.60. The van der Waals surface area contributed by atoms with Gasteiger partial charge in [-0.05, 0) is 36.6 Å². The van der Waals surface area contributed by atoms with Gasteiger partial charge in [-0.1, -0.05) is 6.07 Å². The monoisotopic (exact) mass is 374 g/mol. The topological polar surface area (TPSA) is 85.5 Å². The van der Waals surface area contributed by atoms with Gasteiger partial charge >= 0.3 is 0 Å². The highest BCUT2D eigenvalue weighted by molar-refractivity contribution is 5.98. The normalized spacial score (nSPS) is 17.3. The van der Waals surface area contributed by atoms with Crippen molar-refractivity contribution >= 4 is 22.5 Å². The number of amides is 1. The van der Waals surface area contributed by atoms with Gasteiger partial charge < -0.3 is 9.64 Å². The Bertz CT molecular complexity index is 1190. The standard InChI is InChI=1S/C20H18N6O2/c1-13-8-17(26-20(24-13)22-12-23-26)18-11-25(6-7-28-18)19(27)15-2-3-16-10-21-5-4-14(16)9-15/h2-5,8-10,12,18H,6-7,11H2,1H3. The van der Waals surface area contributed by atoms with E-state index in [-0.39, 0.29) is 12.0 Å². The molecule has 1 fully saturated rings. The molecule has 1 unspecified atom stereocenters. The van der Waals surface area contributed by atoms with Gasteiger partial charge in [-0.3, -0.25) is 9.78 Å². The summed E-state index contributed by atoms with van der Waals surface area (Å²) in [6.45, 7) is 3.37. The van der Waals surface area contributed by atoms with Crippen LogP contribution in [0.1, 0.15) is 27.8 Å². The lowest BCUT2D eigenvalue weighted by Gasteiger charge is -2.33. The van der Waals surface area contributed by atoms with Gasteiger partial charge in [0.1, 0.15) is 12.4 Å². The zero-order valence-corrected chi connectivity index (χ0v) is 15.3. The number of carbonyl (C=O) groups is 1. The maximum atomic E-state index is 13.1. The number of hydrogen-bond donors (Lipinski definition) is 0. The summed E-state index contributed by atoms with van der Waals surface area (Å²) >= 11 is 0. The maximum absolute atomic E-state index is 13.1. The van der Waals surface area contributed by atoms with Gasteiger partial charge in [-0.2, -0.15) is 14.6 Å². The second-order valence-electron chi connectivity index (χ2n) is 6.84. The number of fused-ring (bicyclic) bond motifs is 2. The molecule has 0 bridgehead atoms. The molecule has 1 aromatic carbocycles. The first-order valence-electron chi connectivity index (χ1n) is 9.11. The number of ether oxygens (including phenoxy) is 1. The van der Waals surface area contributed by atoms with Crippen LogP contribution < -0.4 is 0 Å². The number of rotatable bonds is 2. The molecule has 0 aliphatic carbocycles. The third-order valence-electron chi connectivity index (χ3n) is 4.98. The van der Waals surface area contributed by atoms with Crippen molar-refractivity contribution in [2.45, 2.75) is 13.0 Å². The van der Waals surface area contributed by atoms with Crippen molar-refractivity contribution in [2.75, 3.05) is 19.7 Å². The minimum Gasteiger partial charge on any atom is -0.368 e. The Hall–Kier alpha value is -3.39. The summed E-state index contributed by atoms with van der Waals surface area (Å²) in [5, 5.41) is 6.26. The molecule has 3 aromatic heterocycles. The fraction of sp³-hybridized carbons (Fsp3) is 0.250. The molecule has 8 heteroatoms. The summed E-state index contributed by atoms with van der Waals surface area (Å²) in [5.74, 6) is 0.526. The van der Waals surface area contributed by atoms with E-state index in [9.17, 15) is 4.79 Å². The molecule has 1 aliphatic rings. The summed E-state index contributed by atoms with van der Waals surface area (Å²) in [6, 6.07) is 9.54. The highest BCUT2D eigenvalue weighted by Gasteiger charge is 2.28. The lowest BCUT2D eigenvalue weighted by atomic mass is 10.1. The molecule has 0 N–H and O–H groups in total. The van der Waals surface area contributed by atoms with Crippen LogP contribution in [0.25, 0.3) is 16.6 Å². The molecule has 8 nitrogen and oxygen atoms in total. The van der Waals surface area contributed by atoms with Crippen molar-refractivity contribution in [3.05, 3.63) is 66.0 Å². The third-order valence-corrected chi connectivity index (χ3v) is 4.98. The predicted molar refractivity (Wildman–Crippen MR) is 102 cm³/mol. The average Bonchev–Trinajstić information content (AvgIpc) is 3.20. The van der Waals surface area contributed by atoms with Crippen LogP contribution >= 0.6 is 0 Å². The first-order chi connectivity index (χ1) is 13.7. The SMILES string of the molecule is Cc1cc(C2CN(C(=O)c3ccc4cnccc4c3)CCO2)n2ncnc2n1. The molecule has 4 aromatic rings. The largest absolute Gasteiger partial charge is 0.368 e. The summed E-state index contributed by atoms with van der Waals surface area (Å²) in [7, 11) is 0. The summed E-state index contributed by atoms with van der Waals surface area (Å²) < 4.78 is 7.64. The van der Waals surface area contributed by atoms with Gasteiger partial charge in [0.05, 0.1) is 18.8 Å². The minimum atomic E-state index is -0.284. The Labute approximate surface area is 160 Å². The zero-order chi connectivity index (χ0) is 19.1. The van der Waals surface area contributed by atoms with Crippen molar-refractivity contribution in [2.24, 2.45) is 0 Å². The molecule has 4 heterocycles. The number of carbonyl (C=O) groups excluding carboxylic acids is 1. The molecule has 1 saturated heterocycles. The quantitative estimate of drug-likeness (QED) is 0.535. The molecule has 1 atom stereocenters.